The topological polar surface area (TPSA) is 9.23 Å². The van der Waals surface area contributed by atoms with Gasteiger partial charge in [-0.15, -0.1) is 0 Å². The fourth-order valence-electron chi connectivity index (χ4n) is 1.93. The van der Waals surface area contributed by atoms with Crippen LogP contribution in [0.25, 0.3) is 0 Å². The molecular formula is C11H18O. The molecule has 1 nitrogen and oxygen atoms in total. The van der Waals surface area contributed by atoms with Crippen LogP contribution in [0, 0.1) is 17.9 Å². The van der Waals surface area contributed by atoms with E-state index in [1.165, 1.54) is 32.1 Å². The van der Waals surface area contributed by atoms with Gasteiger partial charge in [-0.25, -0.2) is 0 Å². The zero-order chi connectivity index (χ0) is 8.81. The van der Waals surface area contributed by atoms with E-state index in [9.17, 15) is 0 Å². The van der Waals surface area contributed by atoms with Gasteiger partial charge < -0.3 is 4.74 Å². The highest BCUT2D eigenvalue weighted by molar-refractivity contribution is 4.88. The van der Waals surface area contributed by atoms with Crippen LogP contribution in [-0.2, 0) is 4.74 Å². The van der Waals surface area contributed by atoms with E-state index in [0.29, 0.717) is 6.10 Å². The largest absolute Gasteiger partial charge is 0.443 e. The lowest BCUT2D eigenvalue weighted by Crippen LogP contribution is -2.25. The van der Waals surface area contributed by atoms with Gasteiger partial charge in [0.05, 0.1) is 0 Å². The first kappa shape index (κ1) is 9.45. The molecule has 1 aliphatic rings. The molecule has 2 unspecified atom stereocenters. The summed E-state index contributed by atoms with van der Waals surface area (Å²) in [6, 6.07) is 0. The first-order valence-electron chi connectivity index (χ1n) is 4.96. The van der Waals surface area contributed by atoms with Gasteiger partial charge >= 0.3 is 0 Å². The molecule has 0 saturated heterocycles. The van der Waals surface area contributed by atoms with Crippen molar-refractivity contribution in [1.29, 1.82) is 0 Å². The minimum Gasteiger partial charge on any atom is -0.443 e. The van der Waals surface area contributed by atoms with Crippen molar-refractivity contribution in [2.24, 2.45) is 5.92 Å². The van der Waals surface area contributed by atoms with Gasteiger partial charge in [0.1, 0.15) is 12.2 Å². The SMILES string of the molecule is CC#COC1CCCCC1CC. The maximum Gasteiger partial charge on any atom is 0.113 e. The zero-order valence-corrected chi connectivity index (χ0v) is 8.10. The Labute approximate surface area is 75.5 Å². The Morgan fingerprint density at radius 3 is 2.75 bits per heavy atom. The van der Waals surface area contributed by atoms with Crippen molar-refractivity contribution >= 4 is 0 Å². The van der Waals surface area contributed by atoms with Crippen LogP contribution in [0.2, 0.25) is 0 Å². The summed E-state index contributed by atoms with van der Waals surface area (Å²) in [5, 5.41) is 0. The Kier molecular flexibility index (Phi) is 4.00. The summed E-state index contributed by atoms with van der Waals surface area (Å²) in [7, 11) is 0. The quantitative estimate of drug-likeness (QED) is 0.573. The number of ether oxygens (including phenoxy) is 1. The summed E-state index contributed by atoms with van der Waals surface area (Å²) in [6.45, 7) is 4.06. The third kappa shape index (κ3) is 2.44. The molecule has 1 fully saturated rings. The van der Waals surface area contributed by atoms with E-state index in [-0.39, 0.29) is 0 Å². The predicted octanol–water partition coefficient (Wildman–Crippen LogP) is 2.95. The molecule has 1 saturated carbocycles. The molecule has 2 atom stereocenters. The number of hydrogen-bond acceptors (Lipinski definition) is 1. The van der Waals surface area contributed by atoms with Crippen LogP contribution in [0.15, 0.2) is 0 Å². The van der Waals surface area contributed by atoms with Crippen molar-refractivity contribution in [3.05, 3.63) is 0 Å². The van der Waals surface area contributed by atoms with Gasteiger partial charge in [-0.05, 0) is 31.6 Å². The molecule has 1 aliphatic carbocycles. The molecule has 0 aromatic heterocycles. The van der Waals surface area contributed by atoms with Gasteiger partial charge in [0, 0.05) is 6.92 Å². The van der Waals surface area contributed by atoms with E-state index in [1.54, 1.807) is 0 Å². The van der Waals surface area contributed by atoms with Crippen LogP contribution < -0.4 is 0 Å². The lowest BCUT2D eigenvalue weighted by atomic mass is 9.85. The van der Waals surface area contributed by atoms with Crippen molar-refractivity contribution in [1.82, 2.24) is 0 Å². The molecule has 12 heavy (non-hydrogen) atoms. The number of rotatable bonds is 2. The van der Waals surface area contributed by atoms with Crippen LogP contribution in [0.3, 0.4) is 0 Å². The van der Waals surface area contributed by atoms with Crippen molar-refractivity contribution in [2.75, 3.05) is 0 Å². The summed E-state index contributed by atoms with van der Waals surface area (Å²) in [5.41, 5.74) is 0. The average molecular weight is 166 g/mol. The molecule has 1 heteroatoms. The lowest BCUT2D eigenvalue weighted by molar-refractivity contribution is 0.0651. The number of hydrogen-bond donors (Lipinski definition) is 0. The monoisotopic (exact) mass is 166 g/mol. The highest BCUT2D eigenvalue weighted by Gasteiger charge is 2.24. The molecule has 0 radical (unpaired) electrons. The van der Waals surface area contributed by atoms with Crippen molar-refractivity contribution < 1.29 is 4.74 Å². The summed E-state index contributed by atoms with van der Waals surface area (Å²) in [4.78, 5) is 0. The Hall–Kier alpha value is -0.640. The highest BCUT2D eigenvalue weighted by Crippen LogP contribution is 2.28. The normalized spacial score (nSPS) is 28.8. The standard InChI is InChI=1S/C11H18O/c1-3-9-12-11-8-6-5-7-10(11)4-2/h10-11H,4-8H2,1-2H3. The maximum atomic E-state index is 5.47. The van der Waals surface area contributed by atoms with Gasteiger partial charge in [-0.2, -0.15) is 0 Å². The van der Waals surface area contributed by atoms with Crippen LogP contribution in [0.4, 0.5) is 0 Å². The first-order valence-corrected chi connectivity index (χ1v) is 4.96. The summed E-state index contributed by atoms with van der Waals surface area (Å²) in [6.07, 6.45) is 9.59. The molecule has 0 amide bonds. The van der Waals surface area contributed by atoms with Crippen LogP contribution >= 0.6 is 0 Å². The van der Waals surface area contributed by atoms with E-state index < -0.39 is 0 Å². The Morgan fingerprint density at radius 1 is 1.33 bits per heavy atom. The molecule has 0 aromatic rings. The third-order valence-electron chi connectivity index (χ3n) is 2.68. The van der Waals surface area contributed by atoms with E-state index >= 15 is 0 Å². The van der Waals surface area contributed by atoms with Crippen molar-refractivity contribution in [3.63, 3.8) is 0 Å². The summed E-state index contributed by atoms with van der Waals surface area (Å²) in [5.74, 6) is 3.54. The zero-order valence-electron chi connectivity index (χ0n) is 8.10. The van der Waals surface area contributed by atoms with E-state index in [1.807, 2.05) is 6.92 Å². The minimum absolute atomic E-state index is 0.413. The molecule has 0 bridgehead atoms. The van der Waals surface area contributed by atoms with Crippen LogP contribution in [0.5, 0.6) is 0 Å². The summed E-state index contributed by atoms with van der Waals surface area (Å²) < 4.78 is 5.47. The lowest BCUT2D eigenvalue weighted by Gasteiger charge is -2.28. The van der Waals surface area contributed by atoms with E-state index in [2.05, 4.69) is 19.0 Å². The van der Waals surface area contributed by atoms with Crippen molar-refractivity contribution in [2.45, 2.75) is 52.1 Å². The molecule has 0 aliphatic heterocycles. The highest BCUT2D eigenvalue weighted by atomic mass is 16.5. The molecule has 68 valence electrons. The first-order chi connectivity index (χ1) is 5.88. The van der Waals surface area contributed by atoms with Crippen LogP contribution in [-0.4, -0.2) is 6.10 Å². The van der Waals surface area contributed by atoms with Gasteiger partial charge in [0.2, 0.25) is 0 Å². The molecule has 1 rings (SSSR count). The maximum absolute atomic E-state index is 5.47. The second-order valence-electron chi connectivity index (χ2n) is 3.46. The van der Waals surface area contributed by atoms with Gasteiger partial charge in [0.25, 0.3) is 0 Å². The molecule has 0 aromatic carbocycles. The smallest absolute Gasteiger partial charge is 0.113 e. The van der Waals surface area contributed by atoms with Gasteiger partial charge in [-0.3, -0.25) is 0 Å². The fraction of sp³-hybridized carbons (Fsp3) is 0.818. The van der Waals surface area contributed by atoms with E-state index in [4.69, 9.17) is 4.74 Å². The Bertz CT molecular complexity index is 175. The predicted molar refractivity (Wildman–Crippen MR) is 50.6 cm³/mol. The average Bonchev–Trinajstić information content (AvgIpc) is 2.15. The Balaban J connectivity index is 2.39. The van der Waals surface area contributed by atoms with Crippen LogP contribution in [0.1, 0.15) is 46.0 Å². The summed E-state index contributed by atoms with van der Waals surface area (Å²) >= 11 is 0. The van der Waals surface area contributed by atoms with E-state index in [0.717, 1.165) is 5.92 Å². The second kappa shape index (κ2) is 5.09. The second-order valence-corrected chi connectivity index (χ2v) is 3.46. The van der Waals surface area contributed by atoms with Gasteiger partial charge in [-0.1, -0.05) is 19.3 Å². The third-order valence-corrected chi connectivity index (χ3v) is 2.68. The minimum atomic E-state index is 0.413. The molecule has 0 N–H and O–H groups in total. The molecular weight excluding hydrogens is 148 g/mol. The Morgan fingerprint density at radius 2 is 2.08 bits per heavy atom. The molecule has 0 heterocycles. The fourth-order valence-corrected chi connectivity index (χ4v) is 1.93. The molecule has 0 spiro atoms. The van der Waals surface area contributed by atoms with Gasteiger partial charge in [0.15, 0.2) is 0 Å². The van der Waals surface area contributed by atoms with Crippen molar-refractivity contribution in [3.8, 4) is 12.0 Å².